The summed E-state index contributed by atoms with van der Waals surface area (Å²) in [7, 11) is 0. The van der Waals surface area contributed by atoms with Gasteiger partial charge in [-0.25, -0.2) is 0 Å². The van der Waals surface area contributed by atoms with E-state index in [9.17, 15) is 0 Å². The largest absolute Gasteiger partial charge is 2.00 e. The minimum Gasteiger partial charge on any atom is -1.00 e. The van der Waals surface area contributed by atoms with E-state index in [0.29, 0.717) is 0 Å². The molecule has 0 aromatic rings. The van der Waals surface area contributed by atoms with Crippen molar-refractivity contribution in [1.82, 2.24) is 0 Å². The van der Waals surface area contributed by atoms with Crippen molar-refractivity contribution in [3.63, 3.8) is 0 Å². The van der Waals surface area contributed by atoms with Crippen LogP contribution in [0.4, 0.5) is 0 Å². The SMILES string of the molecule is O.O.O.O.O.O.O.O.O.O.O.O.O.O.O.[Ca+2].[Ca+2].[H-].[H-].[H-].[H-]. The fourth-order valence-electron chi connectivity index (χ4n) is 0. The molecule has 0 bridgehead atoms. The molecule has 0 saturated heterocycles. The molecule has 0 aliphatic carbocycles. The third-order valence-electron chi connectivity index (χ3n) is 0. The smallest absolute Gasteiger partial charge is 1.00 e. The third kappa shape index (κ3) is 1230. The van der Waals surface area contributed by atoms with Crippen molar-refractivity contribution in [1.29, 1.82) is 0 Å². The van der Waals surface area contributed by atoms with Crippen molar-refractivity contribution in [2.75, 3.05) is 0 Å². The van der Waals surface area contributed by atoms with E-state index in [1.54, 1.807) is 0 Å². The van der Waals surface area contributed by atoms with Gasteiger partial charge in [0.05, 0.1) is 0 Å². The van der Waals surface area contributed by atoms with Gasteiger partial charge in [-0.3, -0.25) is 0 Å². The van der Waals surface area contributed by atoms with Crippen LogP contribution in [0, 0.1) is 0 Å². The van der Waals surface area contributed by atoms with Crippen LogP contribution in [-0.2, 0) is 0 Å². The van der Waals surface area contributed by atoms with Crippen molar-refractivity contribution >= 4 is 75.5 Å². The molecule has 0 spiro atoms. The van der Waals surface area contributed by atoms with Crippen LogP contribution in [0.2, 0.25) is 0 Å². The summed E-state index contributed by atoms with van der Waals surface area (Å²) in [6, 6.07) is 0. The van der Waals surface area contributed by atoms with Gasteiger partial charge in [0, 0.05) is 0 Å². The maximum absolute atomic E-state index is 0. The Balaban J connectivity index is 0. The second-order valence-corrected chi connectivity index (χ2v) is 0. The predicted molar refractivity (Wildman–Crippen MR) is 70.2 cm³/mol. The average Bonchev–Trinajstić information content (AvgIpc) is 0. The van der Waals surface area contributed by atoms with E-state index in [4.69, 9.17) is 0 Å². The molecule has 0 saturated carbocycles. The summed E-state index contributed by atoms with van der Waals surface area (Å²) in [6.45, 7) is 0. The normalized spacial score (nSPS) is 0. The molecule has 0 unspecified atom stereocenters. The second kappa shape index (κ2) is 1390. The van der Waals surface area contributed by atoms with Gasteiger partial charge in [0.2, 0.25) is 0 Å². The van der Waals surface area contributed by atoms with Crippen LogP contribution in [0.1, 0.15) is 5.71 Å². The quantitative estimate of drug-likeness (QED) is 0.365. The Labute approximate surface area is 162 Å². The molecular weight excluding hydrogens is 320 g/mol. The Kier molecular flexibility index (Phi) is 135000. The molecule has 17 heavy (non-hydrogen) atoms. The molecule has 30 N–H and O–H groups in total. The first-order valence-electron chi connectivity index (χ1n) is 0. The zero-order chi connectivity index (χ0) is 0. The van der Waals surface area contributed by atoms with Crippen molar-refractivity contribution in [2.45, 2.75) is 0 Å². The molecule has 0 aromatic heterocycles. The zero-order valence-electron chi connectivity index (χ0n) is 12.9. The first-order valence-corrected chi connectivity index (χ1v) is 0. The van der Waals surface area contributed by atoms with E-state index in [-0.39, 0.29) is 163 Å². The van der Waals surface area contributed by atoms with Gasteiger partial charge in [-0.2, -0.15) is 0 Å². The van der Waals surface area contributed by atoms with Crippen molar-refractivity contribution in [2.24, 2.45) is 0 Å². The van der Waals surface area contributed by atoms with E-state index >= 15 is 0 Å². The summed E-state index contributed by atoms with van der Waals surface area (Å²) >= 11 is 0. The van der Waals surface area contributed by atoms with Crippen LogP contribution in [0.5, 0.6) is 0 Å². The summed E-state index contributed by atoms with van der Waals surface area (Å²) < 4.78 is 0. The minimum absolute atomic E-state index is 0. The first kappa shape index (κ1) is 1650. The molecule has 0 aliphatic rings. The van der Waals surface area contributed by atoms with Crippen LogP contribution in [0.25, 0.3) is 0 Å². The van der Waals surface area contributed by atoms with Gasteiger partial charge in [0.1, 0.15) is 0 Å². The molecule has 17 heteroatoms. The molecule has 0 fully saturated rings. The monoisotopic (exact) mass is 354 g/mol. The molecule has 128 valence electrons. The average molecular weight is 354 g/mol. The Morgan fingerprint density at radius 2 is 0.176 bits per heavy atom. The summed E-state index contributed by atoms with van der Waals surface area (Å²) in [5.74, 6) is 0. The topological polar surface area (TPSA) is 472 Å². The van der Waals surface area contributed by atoms with Crippen LogP contribution < -0.4 is 0 Å². The van der Waals surface area contributed by atoms with E-state index in [2.05, 4.69) is 0 Å². The van der Waals surface area contributed by atoms with E-state index < -0.39 is 0 Å². The fraction of sp³-hybridized carbons (Fsp3) is 0. The van der Waals surface area contributed by atoms with Crippen LogP contribution in [0.3, 0.4) is 0 Å². The van der Waals surface area contributed by atoms with Crippen LogP contribution in [-0.4, -0.2) is 158 Å². The molecule has 15 nitrogen and oxygen atoms in total. The molecule has 0 atom stereocenters. The second-order valence-electron chi connectivity index (χ2n) is 0. The van der Waals surface area contributed by atoms with Gasteiger partial charge in [-0.1, -0.05) is 0 Å². The predicted octanol–water partition coefficient (Wildman–Crippen LogP) is -12.7. The van der Waals surface area contributed by atoms with Crippen molar-refractivity contribution in [3.05, 3.63) is 0 Å². The van der Waals surface area contributed by atoms with Gasteiger partial charge in [-0.15, -0.1) is 0 Å². The van der Waals surface area contributed by atoms with E-state index in [1.165, 1.54) is 0 Å². The van der Waals surface area contributed by atoms with Crippen LogP contribution in [0.15, 0.2) is 0 Å². The Morgan fingerprint density at radius 3 is 0.176 bits per heavy atom. The molecule has 0 aromatic carbocycles. The van der Waals surface area contributed by atoms with Gasteiger partial charge in [0.25, 0.3) is 0 Å². The van der Waals surface area contributed by atoms with Gasteiger partial charge in [0.15, 0.2) is 0 Å². The van der Waals surface area contributed by atoms with Gasteiger partial charge in [-0.05, 0) is 0 Å². The number of rotatable bonds is 0. The number of hydrogen-bond acceptors (Lipinski definition) is 0. The molecular formula is H34Ca2O15. The summed E-state index contributed by atoms with van der Waals surface area (Å²) in [5, 5.41) is 0. The summed E-state index contributed by atoms with van der Waals surface area (Å²) in [5.41, 5.74) is 0. The van der Waals surface area contributed by atoms with Crippen molar-refractivity contribution < 1.29 is 87.8 Å². The third-order valence-corrected chi connectivity index (χ3v) is 0. The molecule has 0 amide bonds. The maximum Gasteiger partial charge on any atom is 2.00 e. The molecule has 0 rings (SSSR count). The van der Waals surface area contributed by atoms with Crippen molar-refractivity contribution in [3.8, 4) is 0 Å². The Hall–Kier alpha value is 1.92. The van der Waals surface area contributed by atoms with Gasteiger partial charge >= 0.3 is 75.5 Å². The zero-order valence-corrected chi connectivity index (χ0v) is 13.3. The van der Waals surface area contributed by atoms with Crippen LogP contribution >= 0.6 is 0 Å². The Bertz CT molecular complexity index is 23.6. The molecule has 0 heterocycles. The fourth-order valence-corrected chi connectivity index (χ4v) is 0. The maximum atomic E-state index is 0. The summed E-state index contributed by atoms with van der Waals surface area (Å²) in [6.07, 6.45) is 0. The summed E-state index contributed by atoms with van der Waals surface area (Å²) in [4.78, 5) is 0. The molecule has 0 radical (unpaired) electrons. The molecule has 0 aliphatic heterocycles. The van der Waals surface area contributed by atoms with E-state index in [0.717, 1.165) is 0 Å². The standard InChI is InChI=1S/2Ca.15H2O.4H/h;;15*1H2;;;;/q2*+2;;;;;;;;;;;;;;;;4*-1. The van der Waals surface area contributed by atoms with E-state index in [1.807, 2.05) is 0 Å². The number of hydrogen-bond donors (Lipinski definition) is 0. The minimum atomic E-state index is 0. The van der Waals surface area contributed by atoms with Gasteiger partial charge < -0.3 is 87.8 Å². The Morgan fingerprint density at radius 1 is 0.176 bits per heavy atom. The first-order chi connectivity index (χ1) is 0.